The number of pyridine rings is 1. The minimum absolute atomic E-state index is 0.720. The third-order valence-electron chi connectivity index (χ3n) is 4.07. The van der Waals surface area contributed by atoms with Crippen LogP contribution in [0.4, 0.5) is 5.82 Å². The number of aromatic nitrogens is 3. The van der Waals surface area contributed by atoms with Crippen LogP contribution in [-0.2, 0) is 9.16 Å². The van der Waals surface area contributed by atoms with Gasteiger partial charge in [0.05, 0.1) is 18.7 Å². The molecule has 1 aliphatic rings. The van der Waals surface area contributed by atoms with Crippen molar-refractivity contribution >= 4 is 39.4 Å². The molecule has 0 N–H and O–H groups in total. The molecule has 0 saturated carbocycles. The van der Waals surface area contributed by atoms with Gasteiger partial charge in [-0.15, -0.1) is 0 Å². The van der Waals surface area contributed by atoms with E-state index < -0.39 is 0 Å². The molecule has 3 heterocycles. The number of halogens is 1. The Hall–Kier alpha value is -1.80. The molecule has 3 aromatic rings. The van der Waals surface area contributed by atoms with E-state index in [1.807, 2.05) is 36.5 Å². The highest BCUT2D eigenvalue weighted by Crippen LogP contribution is 2.27. The molecule has 0 bridgehead atoms. The maximum absolute atomic E-state index is 5.48. The zero-order valence-corrected chi connectivity index (χ0v) is 15.3. The molecule has 24 heavy (non-hydrogen) atoms. The van der Waals surface area contributed by atoms with Gasteiger partial charge in [0.25, 0.3) is 0 Å². The number of hydrogen-bond acceptors (Lipinski definition) is 5. The number of alkyl halides is 1. The molecule has 0 amide bonds. The van der Waals surface area contributed by atoms with Crippen molar-refractivity contribution in [1.82, 2.24) is 15.0 Å². The fraction of sp³-hybridized carbons (Fsp3) is 0.278. The minimum Gasteiger partial charge on any atom is -0.378 e. The van der Waals surface area contributed by atoms with Crippen LogP contribution in [0, 0.1) is 0 Å². The maximum atomic E-state index is 5.48. The summed E-state index contributed by atoms with van der Waals surface area (Å²) in [5, 5.41) is 0. The van der Waals surface area contributed by atoms with Gasteiger partial charge in [0.2, 0.25) is 0 Å². The van der Waals surface area contributed by atoms with E-state index in [-0.39, 0.29) is 0 Å². The molecule has 6 heteroatoms. The predicted molar refractivity (Wildman–Crippen MR) is 104 cm³/mol. The lowest BCUT2D eigenvalue weighted by Gasteiger charge is -2.28. The number of hydrogen-bond donors (Lipinski definition) is 0. The highest BCUT2D eigenvalue weighted by atomic mass is 127. The van der Waals surface area contributed by atoms with Crippen molar-refractivity contribution in [1.29, 1.82) is 0 Å². The third kappa shape index (κ3) is 3.08. The van der Waals surface area contributed by atoms with Crippen molar-refractivity contribution in [2.75, 3.05) is 31.2 Å². The standard InChI is InChI=1S/C18H17IN4O/c19-11-13-10-15-16(20-12-13)18(23-6-8-24-9-7-23)22-17(21-15)14-4-2-1-3-5-14/h1-5,10,12H,6-9,11H2. The zero-order chi connectivity index (χ0) is 16.4. The summed E-state index contributed by atoms with van der Waals surface area (Å²) in [6, 6.07) is 12.2. The second-order valence-corrected chi connectivity index (χ2v) is 6.44. The van der Waals surface area contributed by atoms with Crippen LogP contribution >= 0.6 is 22.6 Å². The summed E-state index contributed by atoms with van der Waals surface area (Å²) in [5.74, 6) is 1.65. The molecule has 1 fully saturated rings. The summed E-state index contributed by atoms with van der Waals surface area (Å²) in [6.07, 6.45) is 1.92. The van der Waals surface area contributed by atoms with E-state index in [0.29, 0.717) is 0 Å². The number of anilines is 1. The van der Waals surface area contributed by atoms with E-state index in [4.69, 9.17) is 14.7 Å². The summed E-state index contributed by atoms with van der Waals surface area (Å²) in [5.41, 5.74) is 3.97. The van der Waals surface area contributed by atoms with Crippen LogP contribution in [0.25, 0.3) is 22.4 Å². The largest absolute Gasteiger partial charge is 0.378 e. The van der Waals surface area contributed by atoms with Crippen LogP contribution in [-0.4, -0.2) is 41.3 Å². The van der Waals surface area contributed by atoms with Gasteiger partial charge in [0.1, 0.15) is 5.52 Å². The van der Waals surface area contributed by atoms with E-state index in [1.54, 1.807) is 0 Å². The van der Waals surface area contributed by atoms with Crippen molar-refractivity contribution < 1.29 is 4.74 Å². The van der Waals surface area contributed by atoms with E-state index >= 15 is 0 Å². The highest BCUT2D eigenvalue weighted by Gasteiger charge is 2.19. The highest BCUT2D eigenvalue weighted by molar-refractivity contribution is 14.1. The Morgan fingerprint density at radius 1 is 1.08 bits per heavy atom. The minimum atomic E-state index is 0.720. The maximum Gasteiger partial charge on any atom is 0.162 e. The molecule has 2 aromatic heterocycles. The van der Waals surface area contributed by atoms with Crippen LogP contribution in [0.5, 0.6) is 0 Å². The van der Waals surface area contributed by atoms with E-state index in [9.17, 15) is 0 Å². The van der Waals surface area contributed by atoms with E-state index in [0.717, 1.165) is 59.0 Å². The molecule has 0 radical (unpaired) electrons. The first-order valence-corrected chi connectivity index (χ1v) is 9.48. The van der Waals surface area contributed by atoms with Crippen LogP contribution in [0.2, 0.25) is 0 Å². The number of morpholine rings is 1. The van der Waals surface area contributed by atoms with Crippen LogP contribution in [0.3, 0.4) is 0 Å². The van der Waals surface area contributed by atoms with Crippen molar-refractivity contribution in [3.8, 4) is 11.4 Å². The zero-order valence-electron chi connectivity index (χ0n) is 13.2. The van der Waals surface area contributed by atoms with Gasteiger partial charge in [0.15, 0.2) is 11.6 Å². The first-order chi connectivity index (χ1) is 11.8. The van der Waals surface area contributed by atoms with E-state index in [2.05, 4.69) is 38.5 Å². The number of rotatable bonds is 3. The molecule has 0 spiro atoms. The summed E-state index contributed by atoms with van der Waals surface area (Å²) in [6.45, 7) is 3.10. The molecule has 122 valence electrons. The Kier molecular flexibility index (Phi) is 4.57. The van der Waals surface area contributed by atoms with Crippen LogP contribution < -0.4 is 4.90 Å². The van der Waals surface area contributed by atoms with Gasteiger partial charge >= 0.3 is 0 Å². The van der Waals surface area contributed by atoms with Crippen molar-refractivity contribution in [2.45, 2.75) is 4.43 Å². The van der Waals surface area contributed by atoms with Crippen LogP contribution in [0.15, 0.2) is 42.6 Å². The SMILES string of the molecule is ICc1cnc2c(N3CCOCC3)nc(-c3ccccc3)nc2c1. The molecule has 1 aromatic carbocycles. The Morgan fingerprint density at radius 2 is 1.88 bits per heavy atom. The van der Waals surface area contributed by atoms with Gasteiger partial charge in [-0.25, -0.2) is 9.97 Å². The Bertz CT molecular complexity index is 850. The number of fused-ring (bicyclic) bond motifs is 1. The summed E-state index contributed by atoms with van der Waals surface area (Å²) >= 11 is 2.35. The second kappa shape index (κ2) is 6.98. The molecule has 5 nitrogen and oxygen atoms in total. The van der Waals surface area contributed by atoms with Crippen molar-refractivity contribution in [2.24, 2.45) is 0 Å². The summed E-state index contributed by atoms with van der Waals surface area (Å²) in [4.78, 5) is 16.5. The lowest BCUT2D eigenvalue weighted by Crippen LogP contribution is -2.37. The van der Waals surface area contributed by atoms with Gasteiger partial charge in [-0.3, -0.25) is 4.98 Å². The molecule has 0 unspecified atom stereocenters. The molecular weight excluding hydrogens is 415 g/mol. The van der Waals surface area contributed by atoms with Gasteiger partial charge in [-0.05, 0) is 11.6 Å². The molecule has 4 rings (SSSR count). The second-order valence-electron chi connectivity index (χ2n) is 5.68. The molecule has 1 aliphatic heterocycles. The topological polar surface area (TPSA) is 51.1 Å². The first kappa shape index (κ1) is 15.7. The average Bonchev–Trinajstić information content (AvgIpc) is 2.68. The quantitative estimate of drug-likeness (QED) is 0.469. The normalized spacial score (nSPS) is 15.0. The Balaban J connectivity index is 1.90. The smallest absolute Gasteiger partial charge is 0.162 e. The fourth-order valence-electron chi connectivity index (χ4n) is 2.83. The number of benzene rings is 1. The number of nitrogens with zero attached hydrogens (tertiary/aromatic N) is 4. The Labute approximate surface area is 154 Å². The lowest BCUT2D eigenvalue weighted by atomic mass is 10.2. The number of ether oxygens (including phenoxy) is 1. The monoisotopic (exact) mass is 432 g/mol. The summed E-state index contributed by atoms with van der Waals surface area (Å²) < 4.78 is 6.39. The predicted octanol–water partition coefficient (Wildman–Crippen LogP) is 3.46. The summed E-state index contributed by atoms with van der Waals surface area (Å²) in [7, 11) is 0. The molecular formula is C18H17IN4O. The van der Waals surface area contributed by atoms with Gasteiger partial charge in [-0.1, -0.05) is 52.9 Å². The lowest BCUT2D eigenvalue weighted by molar-refractivity contribution is 0.122. The molecule has 0 atom stereocenters. The van der Waals surface area contributed by atoms with Gasteiger partial charge in [0, 0.05) is 29.3 Å². The first-order valence-electron chi connectivity index (χ1n) is 7.96. The van der Waals surface area contributed by atoms with Crippen molar-refractivity contribution in [3.05, 3.63) is 48.2 Å². The van der Waals surface area contributed by atoms with Crippen LogP contribution in [0.1, 0.15) is 5.56 Å². The van der Waals surface area contributed by atoms with Gasteiger partial charge in [-0.2, -0.15) is 0 Å². The average molecular weight is 432 g/mol. The van der Waals surface area contributed by atoms with Crippen molar-refractivity contribution in [3.63, 3.8) is 0 Å². The molecule has 0 aliphatic carbocycles. The Morgan fingerprint density at radius 3 is 2.62 bits per heavy atom. The third-order valence-corrected chi connectivity index (χ3v) is 4.95. The molecule has 1 saturated heterocycles. The van der Waals surface area contributed by atoms with E-state index in [1.165, 1.54) is 5.56 Å². The van der Waals surface area contributed by atoms with Gasteiger partial charge < -0.3 is 9.64 Å². The fourth-order valence-corrected chi connectivity index (χ4v) is 3.25.